The number of carbonyl (C=O) groups excluding carboxylic acids is 2. The van der Waals surface area contributed by atoms with E-state index < -0.39 is 21.8 Å². The maximum absolute atomic E-state index is 12.8. The Morgan fingerprint density at radius 2 is 1.57 bits per heavy atom. The number of nitrogens with one attached hydrogen (secondary N) is 1. The van der Waals surface area contributed by atoms with Gasteiger partial charge in [0.15, 0.2) is 0 Å². The van der Waals surface area contributed by atoms with E-state index in [0.717, 1.165) is 4.31 Å². The molecule has 0 saturated heterocycles. The minimum absolute atomic E-state index is 0.0822. The molecule has 3 aromatic rings. The standard InChI is InChI=1S/C21H18ClN3O4S/c1-25(30(28,29)19-11-7-16(22)8-12-19)18-4-2-3-15(13-18)21(27)24-17-9-5-14(6-10-17)20(23)26/h2-13H,1H3,(H2,23,26)(H,24,27). The van der Waals surface area contributed by atoms with Crippen LogP contribution in [0.25, 0.3) is 0 Å². The maximum atomic E-state index is 12.8. The van der Waals surface area contributed by atoms with Gasteiger partial charge in [-0.2, -0.15) is 0 Å². The lowest BCUT2D eigenvalue weighted by Crippen LogP contribution is -2.26. The Kier molecular flexibility index (Phi) is 6.09. The van der Waals surface area contributed by atoms with Crippen LogP contribution in [0.5, 0.6) is 0 Å². The summed E-state index contributed by atoms with van der Waals surface area (Å²) < 4.78 is 26.8. The maximum Gasteiger partial charge on any atom is 0.264 e. The summed E-state index contributed by atoms with van der Waals surface area (Å²) in [6.45, 7) is 0. The third-order valence-corrected chi connectivity index (χ3v) is 6.42. The quantitative estimate of drug-likeness (QED) is 0.607. The minimum Gasteiger partial charge on any atom is -0.366 e. The molecule has 0 aromatic heterocycles. The van der Waals surface area contributed by atoms with Gasteiger partial charge in [-0.3, -0.25) is 13.9 Å². The third-order valence-electron chi connectivity index (χ3n) is 4.37. The number of carbonyl (C=O) groups is 2. The highest BCUT2D eigenvalue weighted by atomic mass is 35.5. The van der Waals surface area contributed by atoms with E-state index in [4.69, 9.17) is 17.3 Å². The van der Waals surface area contributed by atoms with Crippen LogP contribution in [-0.4, -0.2) is 27.3 Å². The number of hydrogen-bond donors (Lipinski definition) is 2. The topological polar surface area (TPSA) is 110 Å². The number of halogens is 1. The molecule has 154 valence electrons. The van der Waals surface area contributed by atoms with E-state index in [1.54, 1.807) is 30.3 Å². The van der Waals surface area contributed by atoms with Gasteiger partial charge in [0.2, 0.25) is 5.91 Å². The zero-order valence-corrected chi connectivity index (χ0v) is 17.4. The van der Waals surface area contributed by atoms with E-state index in [-0.39, 0.29) is 10.5 Å². The van der Waals surface area contributed by atoms with Crippen LogP contribution >= 0.6 is 11.6 Å². The number of nitrogens with zero attached hydrogens (tertiary/aromatic N) is 1. The van der Waals surface area contributed by atoms with Crippen LogP contribution in [0.2, 0.25) is 5.02 Å². The molecule has 0 aliphatic carbocycles. The van der Waals surface area contributed by atoms with Crippen molar-refractivity contribution in [2.24, 2.45) is 5.73 Å². The van der Waals surface area contributed by atoms with Crippen molar-refractivity contribution >= 4 is 44.8 Å². The van der Waals surface area contributed by atoms with Gasteiger partial charge in [-0.05, 0) is 66.7 Å². The van der Waals surface area contributed by atoms with Gasteiger partial charge in [0.25, 0.3) is 15.9 Å². The zero-order valence-electron chi connectivity index (χ0n) is 15.9. The van der Waals surface area contributed by atoms with Crippen molar-refractivity contribution in [3.8, 4) is 0 Å². The number of sulfonamides is 1. The Labute approximate surface area is 179 Å². The van der Waals surface area contributed by atoms with E-state index in [9.17, 15) is 18.0 Å². The van der Waals surface area contributed by atoms with Crippen LogP contribution in [0.4, 0.5) is 11.4 Å². The molecule has 0 bridgehead atoms. The monoisotopic (exact) mass is 443 g/mol. The van der Waals surface area contributed by atoms with Crippen molar-refractivity contribution in [3.63, 3.8) is 0 Å². The molecule has 0 unspecified atom stereocenters. The van der Waals surface area contributed by atoms with Crippen molar-refractivity contribution in [1.29, 1.82) is 0 Å². The SMILES string of the molecule is CN(c1cccc(C(=O)Nc2ccc(C(N)=O)cc2)c1)S(=O)(=O)c1ccc(Cl)cc1. The summed E-state index contributed by atoms with van der Waals surface area (Å²) >= 11 is 5.83. The first kappa shape index (κ1) is 21.4. The van der Waals surface area contributed by atoms with E-state index in [0.29, 0.717) is 22.0 Å². The molecule has 7 nitrogen and oxygen atoms in total. The molecule has 3 N–H and O–H groups in total. The Balaban J connectivity index is 1.81. The van der Waals surface area contributed by atoms with Crippen molar-refractivity contribution < 1.29 is 18.0 Å². The fourth-order valence-corrected chi connectivity index (χ4v) is 3.98. The predicted molar refractivity (Wildman–Crippen MR) is 116 cm³/mol. The van der Waals surface area contributed by atoms with Gasteiger partial charge in [-0.1, -0.05) is 17.7 Å². The van der Waals surface area contributed by atoms with Crippen molar-refractivity contribution in [1.82, 2.24) is 0 Å². The average molecular weight is 444 g/mol. The highest BCUT2D eigenvalue weighted by Gasteiger charge is 2.22. The van der Waals surface area contributed by atoms with Crippen LogP contribution in [0.1, 0.15) is 20.7 Å². The summed E-state index contributed by atoms with van der Waals surface area (Å²) in [5.74, 6) is -0.994. The largest absolute Gasteiger partial charge is 0.366 e. The highest BCUT2D eigenvalue weighted by Crippen LogP contribution is 2.24. The number of nitrogens with two attached hydrogens (primary N) is 1. The molecule has 9 heteroatoms. The number of anilines is 2. The predicted octanol–water partition coefficient (Wildman–Crippen LogP) is 3.52. The van der Waals surface area contributed by atoms with Gasteiger partial charge in [-0.15, -0.1) is 0 Å². The molecule has 0 heterocycles. The molecule has 3 aromatic carbocycles. The number of primary amides is 1. The molecule has 2 amide bonds. The van der Waals surface area contributed by atoms with Gasteiger partial charge in [-0.25, -0.2) is 8.42 Å². The molecule has 0 atom stereocenters. The van der Waals surface area contributed by atoms with Gasteiger partial charge >= 0.3 is 0 Å². The average Bonchev–Trinajstić information content (AvgIpc) is 2.74. The second-order valence-electron chi connectivity index (χ2n) is 6.37. The van der Waals surface area contributed by atoms with E-state index in [1.165, 1.54) is 49.5 Å². The fourth-order valence-electron chi connectivity index (χ4n) is 2.67. The van der Waals surface area contributed by atoms with Gasteiger partial charge in [0.05, 0.1) is 10.6 Å². The molecule has 0 aliphatic heterocycles. The normalized spacial score (nSPS) is 11.0. The minimum atomic E-state index is -3.82. The number of benzene rings is 3. The van der Waals surface area contributed by atoms with Gasteiger partial charge < -0.3 is 11.1 Å². The highest BCUT2D eigenvalue weighted by molar-refractivity contribution is 7.92. The van der Waals surface area contributed by atoms with Gasteiger partial charge in [0.1, 0.15) is 0 Å². The Morgan fingerprint density at radius 1 is 0.933 bits per heavy atom. The fraction of sp³-hybridized carbons (Fsp3) is 0.0476. The summed E-state index contributed by atoms with van der Waals surface area (Å²) in [5, 5.41) is 3.12. The number of rotatable bonds is 6. The molecule has 0 spiro atoms. The number of amides is 2. The molecule has 0 saturated carbocycles. The summed E-state index contributed by atoms with van der Waals surface area (Å²) in [7, 11) is -2.42. The lowest BCUT2D eigenvalue weighted by Gasteiger charge is -2.20. The van der Waals surface area contributed by atoms with E-state index >= 15 is 0 Å². The van der Waals surface area contributed by atoms with Crippen LogP contribution in [0.3, 0.4) is 0 Å². The first-order chi connectivity index (χ1) is 14.2. The first-order valence-corrected chi connectivity index (χ1v) is 10.6. The summed E-state index contributed by atoms with van der Waals surface area (Å²) in [5.41, 5.74) is 6.58. The van der Waals surface area contributed by atoms with Gasteiger partial charge in [0, 0.05) is 28.9 Å². The third kappa shape index (κ3) is 4.61. The second-order valence-corrected chi connectivity index (χ2v) is 8.78. The van der Waals surface area contributed by atoms with Crippen LogP contribution in [-0.2, 0) is 10.0 Å². The van der Waals surface area contributed by atoms with E-state index in [1.807, 2.05) is 0 Å². The summed E-state index contributed by atoms with van der Waals surface area (Å²) in [6.07, 6.45) is 0. The second kappa shape index (κ2) is 8.56. The molecule has 0 fully saturated rings. The molecular weight excluding hydrogens is 426 g/mol. The lowest BCUT2D eigenvalue weighted by atomic mass is 10.1. The molecule has 0 aliphatic rings. The summed E-state index contributed by atoms with van der Waals surface area (Å²) in [6, 6.07) is 18.2. The Morgan fingerprint density at radius 3 is 2.17 bits per heavy atom. The Hall–Kier alpha value is -3.36. The molecule has 3 rings (SSSR count). The van der Waals surface area contributed by atoms with Crippen LogP contribution in [0, 0.1) is 0 Å². The zero-order chi connectivity index (χ0) is 21.9. The van der Waals surface area contributed by atoms with Crippen molar-refractivity contribution in [2.75, 3.05) is 16.7 Å². The molecular formula is C21H18ClN3O4S. The van der Waals surface area contributed by atoms with Crippen LogP contribution < -0.4 is 15.4 Å². The molecule has 30 heavy (non-hydrogen) atoms. The molecule has 0 radical (unpaired) electrons. The first-order valence-electron chi connectivity index (χ1n) is 8.74. The van der Waals surface area contributed by atoms with E-state index in [2.05, 4.69) is 5.32 Å². The smallest absolute Gasteiger partial charge is 0.264 e. The summed E-state index contributed by atoms with van der Waals surface area (Å²) in [4.78, 5) is 23.8. The van der Waals surface area contributed by atoms with Crippen molar-refractivity contribution in [3.05, 3.63) is 88.9 Å². The van der Waals surface area contributed by atoms with Crippen molar-refractivity contribution in [2.45, 2.75) is 4.90 Å². The number of hydrogen-bond acceptors (Lipinski definition) is 4. The lowest BCUT2D eigenvalue weighted by molar-refractivity contribution is 0.0998. The van der Waals surface area contributed by atoms with Crippen LogP contribution in [0.15, 0.2) is 77.7 Å². The Bertz CT molecular complexity index is 1190.